The Morgan fingerprint density at radius 2 is 2.05 bits per heavy atom. The third-order valence-corrected chi connectivity index (χ3v) is 2.10. The second-order valence-electron chi connectivity index (χ2n) is 3.68. The topological polar surface area (TPSA) is 84.3 Å². The van der Waals surface area contributed by atoms with Crippen LogP contribution in [0.2, 0.25) is 0 Å². The maximum Gasteiger partial charge on any atom is 0.405 e. The molecule has 0 atom stereocenters. The Bertz CT molecular complexity index is 503. The molecule has 0 radical (unpaired) electrons. The van der Waals surface area contributed by atoms with Gasteiger partial charge in [0.25, 0.3) is 5.69 Å². The van der Waals surface area contributed by atoms with Gasteiger partial charge in [0.15, 0.2) is 0 Å². The number of anilines is 1. The molecular formula is C10H10F3N3O3. The summed E-state index contributed by atoms with van der Waals surface area (Å²) in [4.78, 5) is 21.1. The molecule has 0 unspecified atom stereocenters. The summed E-state index contributed by atoms with van der Waals surface area (Å²) in [7, 11) is 0. The molecule has 2 amide bonds. The van der Waals surface area contributed by atoms with Gasteiger partial charge in [0, 0.05) is 17.3 Å². The van der Waals surface area contributed by atoms with Gasteiger partial charge in [-0.2, -0.15) is 13.2 Å². The summed E-state index contributed by atoms with van der Waals surface area (Å²) in [5, 5.41) is 14.3. The molecule has 0 aliphatic carbocycles. The van der Waals surface area contributed by atoms with Gasteiger partial charge in [-0.25, -0.2) is 4.79 Å². The smallest absolute Gasteiger partial charge is 0.329 e. The van der Waals surface area contributed by atoms with Crippen LogP contribution in [0, 0.1) is 17.0 Å². The summed E-state index contributed by atoms with van der Waals surface area (Å²) in [5.74, 6) is 0. The number of carbonyl (C=O) groups excluding carboxylic acids is 1. The first-order chi connectivity index (χ1) is 8.69. The van der Waals surface area contributed by atoms with Crippen LogP contribution in [0.1, 0.15) is 5.56 Å². The lowest BCUT2D eigenvalue weighted by atomic mass is 10.2. The summed E-state index contributed by atoms with van der Waals surface area (Å²) in [6.07, 6.45) is -4.50. The van der Waals surface area contributed by atoms with Crippen molar-refractivity contribution in [3.63, 3.8) is 0 Å². The number of nitrogens with zero attached hydrogens (tertiary/aromatic N) is 1. The fraction of sp³-hybridized carbons (Fsp3) is 0.300. The first-order valence-electron chi connectivity index (χ1n) is 5.05. The summed E-state index contributed by atoms with van der Waals surface area (Å²) in [6.45, 7) is 0.00172. The SMILES string of the molecule is Cc1cc(NC(=O)NCC(F)(F)F)ccc1[N+](=O)[O-]. The number of hydrogen-bond acceptors (Lipinski definition) is 3. The number of nitro benzene ring substituents is 1. The van der Waals surface area contributed by atoms with E-state index in [0.29, 0.717) is 5.56 Å². The number of benzene rings is 1. The van der Waals surface area contributed by atoms with E-state index in [0.717, 1.165) is 6.07 Å². The average Bonchev–Trinajstić information content (AvgIpc) is 2.25. The molecule has 0 saturated carbocycles. The Labute approximate surface area is 105 Å². The molecule has 0 heterocycles. The molecule has 9 heteroatoms. The van der Waals surface area contributed by atoms with Gasteiger partial charge in [0.1, 0.15) is 6.54 Å². The van der Waals surface area contributed by atoms with Crippen molar-refractivity contribution in [2.24, 2.45) is 0 Å². The summed E-state index contributed by atoms with van der Waals surface area (Å²) >= 11 is 0. The van der Waals surface area contributed by atoms with E-state index < -0.39 is 23.7 Å². The molecule has 0 aliphatic heterocycles. The number of aryl methyl sites for hydroxylation is 1. The van der Waals surface area contributed by atoms with Crippen molar-refractivity contribution in [2.75, 3.05) is 11.9 Å². The van der Waals surface area contributed by atoms with Crippen molar-refractivity contribution in [2.45, 2.75) is 13.1 Å². The average molecular weight is 277 g/mol. The van der Waals surface area contributed by atoms with E-state index in [1.54, 1.807) is 5.32 Å². The molecule has 6 nitrogen and oxygen atoms in total. The molecular weight excluding hydrogens is 267 g/mol. The number of nitro groups is 1. The zero-order chi connectivity index (χ0) is 14.6. The number of rotatable bonds is 3. The van der Waals surface area contributed by atoms with Crippen molar-refractivity contribution < 1.29 is 22.9 Å². The number of nitrogens with one attached hydrogen (secondary N) is 2. The van der Waals surface area contributed by atoms with Gasteiger partial charge >= 0.3 is 12.2 Å². The summed E-state index contributed by atoms with van der Waals surface area (Å²) < 4.78 is 35.5. The van der Waals surface area contributed by atoms with Gasteiger partial charge in [0.05, 0.1) is 4.92 Å². The molecule has 104 valence electrons. The van der Waals surface area contributed by atoms with E-state index >= 15 is 0 Å². The van der Waals surface area contributed by atoms with Crippen LogP contribution in [-0.4, -0.2) is 23.7 Å². The van der Waals surface area contributed by atoms with Gasteiger partial charge in [-0.15, -0.1) is 0 Å². The highest BCUT2D eigenvalue weighted by molar-refractivity contribution is 5.89. The maximum atomic E-state index is 11.8. The van der Waals surface area contributed by atoms with Crippen LogP contribution in [-0.2, 0) is 0 Å². The number of hydrogen-bond donors (Lipinski definition) is 2. The van der Waals surface area contributed by atoms with Crippen molar-refractivity contribution in [1.29, 1.82) is 0 Å². The Morgan fingerprint density at radius 1 is 1.42 bits per heavy atom. The Kier molecular flexibility index (Phi) is 4.30. The molecule has 0 spiro atoms. The molecule has 0 aliphatic rings. The number of halogens is 3. The fourth-order valence-electron chi connectivity index (χ4n) is 1.29. The number of alkyl halides is 3. The normalized spacial score (nSPS) is 10.9. The first kappa shape index (κ1) is 14.7. The van der Waals surface area contributed by atoms with E-state index in [9.17, 15) is 28.1 Å². The minimum atomic E-state index is -4.50. The summed E-state index contributed by atoms with van der Waals surface area (Å²) in [5.41, 5.74) is 0.322. The minimum absolute atomic E-state index is 0.138. The van der Waals surface area contributed by atoms with Crippen molar-refractivity contribution >= 4 is 17.4 Å². The minimum Gasteiger partial charge on any atom is -0.329 e. The standard InChI is InChI=1S/C10H10F3N3O3/c1-6-4-7(2-3-8(6)16(18)19)15-9(17)14-5-10(11,12)13/h2-4H,5H2,1H3,(H2,14,15,17). The molecule has 1 aromatic carbocycles. The fourth-order valence-corrected chi connectivity index (χ4v) is 1.29. The zero-order valence-corrected chi connectivity index (χ0v) is 9.75. The van der Waals surface area contributed by atoms with Crippen LogP contribution in [0.15, 0.2) is 18.2 Å². The highest BCUT2D eigenvalue weighted by atomic mass is 19.4. The molecule has 0 aromatic heterocycles. The van der Waals surface area contributed by atoms with Crippen molar-refractivity contribution in [3.05, 3.63) is 33.9 Å². The molecule has 1 rings (SSSR count). The molecule has 0 fully saturated rings. The van der Waals surface area contributed by atoms with E-state index in [1.165, 1.54) is 19.1 Å². The maximum absolute atomic E-state index is 11.8. The van der Waals surface area contributed by atoms with Crippen molar-refractivity contribution in [3.8, 4) is 0 Å². The van der Waals surface area contributed by atoms with Crippen LogP contribution < -0.4 is 10.6 Å². The van der Waals surface area contributed by atoms with Crippen LogP contribution >= 0.6 is 0 Å². The van der Waals surface area contributed by atoms with Gasteiger partial charge in [-0.1, -0.05) is 0 Å². The van der Waals surface area contributed by atoms with Gasteiger partial charge in [0.2, 0.25) is 0 Å². The van der Waals surface area contributed by atoms with E-state index in [4.69, 9.17) is 0 Å². The van der Waals surface area contributed by atoms with Gasteiger partial charge < -0.3 is 10.6 Å². The van der Waals surface area contributed by atoms with E-state index in [1.807, 2.05) is 0 Å². The molecule has 1 aromatic rings. The highest BCUT2D eigenvalue weighted by Crippen LogP contribution is 2.21. The number of carbonyl (C=O) groups is 1. The van der Waals surface area contributed by atoms with Crippen LogP contribution in [0.5, 0.6) is 0 Å². The lowest BCUT2D eigenvalue weighted by Gasteiger charge is -2.10. The second kappa shape index (κ2) is 5.55. The van der Waals surface area contributed by atoms with E-state index in [-0.39, 0.29) is 11.4 Å². The Morgan fingerprint density at radius 3 is 2.53 bits per heavy atom. The second-order valence-corrected chi connectivity index (χ2v) is 3.68. The van der Waals surface area contributed by atoms with Crippen LogP contribution in [0.25, 0.3) is 0 Å². The quantitative estimate of drug-likeness (QED) is 0.657. The molecule has 0 saturated heterocycles. The predicted octanol–water partition coefficient (Wildman–Crippen LogP) is 2.59. The van der Waals surface area contributed by atoms with Crippen LogP contribution in [0.3, 0.4) is 0 Å². The first-order valence-corrected chi connectivity index (χ1v) is 5.05. The monoisotopic (exact) mass is 277 g/mol. The lowest BCUT2D eigenvalue weighted by Crippen LogP contribution is -2.36. The summed E-state index contributed by atoms with van der Waals surface area (Å²) in [6, 6.07) is 2.66. The van der Waals surface area contributed by atoms with Crippen LogP contribution in [0.4, 0.5) is 29.3 Å². The highest BCUT2D eigenvalue weighted by Gasteiger charge is 2.27. The zero-order valence-electron chi connectivity index (χ0n) is 9.75. The van der Waals surface area contributed by atoms with Crippen molar-refractivity contribution in [1.82, 2.24) is 5.32 Å². The number of amides is 2. The number of urea groups is 1. The van der Waals surface area contributed by atoms with E-state index in [2.05, 4.69) is 5.32 Å². The third-order valence-electron chi connectivity index (χ3n) is 2.10. The third kappa shape index (κ3) is 4.82. The Hall–Kier alpha value is -2.32. The lowest BCUT2D eigenvalue weighted by molar-refractivity contribution is -0.385. The van der Waals surface area contributed by atoms with Gasteiger partial charge in [-0.3, -0.25) is 10.1 Å². The molecule has 19 heavy (non-hydrogen) atoms. The molecule has 2 N–H and O–H groups in total. The largest absolute Gasteiger partial charge is 0.405 e. The Balaban J connectivity index is 2.65. The molecule has 0 bridgehead atoms. The van der Waals surface area contributed by atoms with Gasteiger partial charge in [-0.05, 0) is 19.1 Å². The predicted molar refractivity (Wildman–Crippen MR) is 60.9 cm³/mol.